The van der Waals surface area contributed by atoms with Gasteiger partial charge < -0.3 is 29.2 Å². The molecule has 0 radical (unpaired) electrons. The molecular formula is C30H34N2O6. The van der Waals surface area contributed by atoms with Crippen molar-refractivity contribution in [2.75, 3.05) is 27.9 Å². The average Bonchev–Trinajstić information content (AvgIpc) is 3.18. The van der Waals surface area contributed by atoms with Crippen molar-refractivity contribution >= 4 is 11.8 Å². The van der Waals surface area contributed by atoms with Crippen LogP contribution in [0.4, 0.5) is 0 Å². The summed E-state index contributed by atoms with van der Waals surface area (Å²) in [6.45, 7) is 1.28. The number of carbonyl (C=O) groups excluding carboxylic acids is 2. The zero-order valence-electron chi connectivity index (χ0n) is 22.1. The largest absolute Gasteiger partial charge is 0.497 e. The number of ether oxygens (including phenoxy) is 4. The Labute approximate surface area is 223 Å². The summed E-state index contributed by atoms with van der Waals surface area (Å²) < 4.78 is 21.9. The van der Waals surface area contributed by atoms with Crippen LogP contribution < -0.4 is 24.3 Å². The molecule has 38 heavy (non-hydrogen) atoms. The topological polar surface area (TPSA) is 86.3 Å². The summed E-state index contributed by atoms with van der Waals surface area (Å²) in [4.78, 5) is 28.1. The molecule has 4 rings (SSSR count). The molecule has 3 aromatic carbocycles. The lowest BCUT2D eigenvalue weighted by atomic mass is 10.0. The molecular weight excluding hydrogens is 484 g/mol. The van der Waals surface area contributed by atoms with Crippen molar-refractivity contribution in [2.45, 2.75) is 38.5 Å². The third-order valence-corrected chi connectivity index (χ3v) is 6.57. The van der Waals surface area contributed by atoms with Gasteiger partial charge in [0.1, 0.15) is 35.6 Å². The zero-order chi connectivity index (χ0) is 26.9. The van der Waals surface area contributed by atoms with Gasteiger partial charge in [0.05, 0.1) is 21.3 Å². The number of carbonyl (C=O) groups is 2. The zero-order valence-corrected chi connectivity index (χ0v) is 22.1. The van der Waals surface area contributed by atoms with E-state index < -0.39 is 6.04 Å². The highest BCUT2D eigenvalue weighted by molar-refractivity contribution is 5.97. The summed E-state index contributed by atoms with van der Waals surface area (Å²) in [6.07, 6.45) is 2.40. The molecule has 0 bridgehead atoms. The molecule has 1 N–H and O–H groups in total. The Morgan fingerprint density at radius 3 is 2.08 bits per heavy atom. The second-order valence-corrected chi connectivity index (χ2v) is 9.12. The van der Waals surface area contributed by atoms with E-state index in [0.29, 0.717) is 54.7 Å². The molecule has 0 aliphatic carbocycles. The molecule has 1 fully saturated rings. The number of hydrogen-bond donors (Lipinski definition) is 1. The highest BCUT2D eigenvalue weighted by Gasteiger charge is 2.31. The molecule has 1 aliphatic heterocycles. The van der Waals surface area contributed by atoms with Crippen LogP contribution in [0.1, 0.15) is 40.7 Å². The van der Waals surface area contributed by atoms with E-state index in [1.807, 2.05) is 42.5 Å². The van der Waals surface area contributed by atoms with E-state index in [0.717, 1.165) is 24.0 Å². The van der Waals surface area contributed by atoms with Crippen LogP contribution in [0.5, 0.6) is 23.0 Å². The Hall–Kier alpha value is -4.20. The molecule has 0 spiro atoms. The van der Waals surface area contributed by atoms with Gasteiger partial charge in [-0.15, -0.1) is 0 Å². The predicted molar refractivity (Wildman–Crippen MR) is 144 cm³/mol. The summed E-state index contributed by atoms with van der Waals surface area (Å²) in [5.74, 6) is 2.45. The minimum Gasteiger partial charge on any atom is -0.497 e. The van der Waals surface area contributed by atoms with Crippen LogP contribution >= 0.6 is 0 Å². The molecule has 1 heterocycles. The van der Waals surface area contributed by atoms with Gasteiger partial charge >= 0.3 is 0 Å². The summed E-state index contributed by atoms with van der Waals surface area (Å²) in [7, 11) is 4.80. The first-order valence-corrected chi connectivity index (χ1v) is 12.7. The number of methoxy groups -OCH3 is 3. The smallest absolute Gasteiger partial charge is 0.254 e. The molecule has 2 amide bonds. The van der Waals surface area contributed by atoms with Crippen LogP contribution in [0.25, 0.3) is 0 Å². The minimum atomic E-state index is -0.536. The van der Waals surface area contributed by atoms with Crippen molar-refractivity contribution in [1.29, 1.82) is 0 Å². The molecule has 1 saturated heterocycles. The van der Waals surface area contributed by atoms with Crippen molar-refractivity contribution in [3.63, 3.8) is 0 Å². The Morgan fingerprint density at radius 2 is 1.45 bits per heavy atom. The number of rotatable bonds is 10. The van der Waals surface area contributed by atoms with E-state index in [1.54, 1.807) is 50.5 Å². The monoisotopic (exact) mass is 518 g/mol. The van der Waals surface area contributed by atoms with E-state index in [4.69, 9.17) is 18.9 Å². The van der Waals surface area contributed by atoms with Gasteiger partial charge in [-0.25, -0.2) is 0 Å². The van der Waals surface area contributed by atoms with E-state index in [9.17, 15) is 9.59 Å². The highest BCUT2D eigenvalue weighted by Crippen LogP contribution is 2.25. The van der Waals surface area contributed by atoms with Gasteiger partial charge in [-0.1, -0.05) is 12.1 Å². The SMILES string of the molecule is COc1ccc(C(=O)N(Cc2ccc(OCc3cc(OC)cc(OC)c3)cc2)[C@H]2CCCCNC2=O)cc1. The third kappa shape index (κ3) is 6.76. The standard InChI is InChI=1S/C30H34N2O6/c1-35-24-13-9-23(10-14-24)30(34)32(28-6-4-5-15-31-29(28)33)19-21-7-11-25(12-8-21)38-20-22-16-26(36-2)18-27(17-22)37-3/h7-14,16-18,28H,4-6,15,19-20H2,1-3H3,(H,31,33)/t28-/m0/s1. The quantitative estimate of drug-likeness (QED) is 0.422. The number of amides is 2. The summed E-state index contributed by atoms with van der Waals surface area (Å²) in [5, 5.41) is 2.95. The fourth-order valence-electron chi connectivity index (χ4n) is 4.45. The Bertz CT molecular complexity index is 1200. The third-order valence-electron chi connectivity index (χ3n) is 6.57. The maximum atomic E-state index is 13.6. The number of benzene rings is 3. The summed E-state index contributed by atoms with van der Waals surface area (Å²) in [5.41, 5.74) is 2.33. The highest BCUT2D eigenvalue weighted by atomic mass is 16.5. The minimum absolute atomic E-state index is 0.113. The van der Waals surface area contributed by atoms with Crippen molar-refractivity contribution < 1.29 is 28.5 Å². The van der Waals surface area contributed by atoms with Crippen LogP contribution in [0.2, 0.25) is 0 Å². The number of hydrogen-bond acceptors (Lipinski definition) is 6. The molecule has 1 aliphatic rings. The average molecular weight is 519 g/mol. The second kappa shape index (κ2) is 12.9. The van der Waals surface area contributed by atoms with Gasteiger partial charge in [0.2, 0.25) is 5.91 Å². The van der Waals surface area contributed by atoms with E-state index in [-0.39, 0.29) is 11.8 Å². The lowest BCUT2D eigenvalue weighted by Gasteiger charge is -2.30. The van der Waals surface area contributed by atoms with E-state index in [1.165, 1.54) is 0 Å². The molecule has 1 atom stereocenters. The molecule has 8 nitrogen and oxygen atoms in total. The van der Waals surface area contributed by atoms with Crippen LogP contribution in [-0.2, 0) is 17.9 Å². The Balaban J connectivity index is 1.49. The maximum absolute atomic E-state index is 13.6. The van der Waals surface area contributed by atoms with Gasteiger partial charge in [0, 0.05) is 24.7 Å². The van der Waals surface area contributed by atoms with Gasteiger partial charge in [-0.3, -0.25) is 9.59 Å². The fourth-order valence-corrected chi connectivity index (χ4v) is 4.45. The molecule has 200 valence electrons. The van der Waals surface area contributed by atoms with Crippen LogP contribution in [0.15, 0.2) is 66.7 Å². The van der Waals surface area contributed by atoms with Gasteiger partial charge in [-0.05, 0) is 78.9 Å². The summed E-state index contributed by atoms with van der Waals surface area (Å²) in [6, 6.07) is 19.6. The lowest BCUT2D eigenvalue weighted by Crippen LogP contribution is -2.48. The molecule has 0 aromatic heterocycles. The summed E-state index contributed by atoms with van der Waals surface area (Å²) >= 11 is 0. The maximum Gasteiger partial charge on any atom is 0.254 e. The van der Waals surface area contributed by atoms with Crippen molar-refractivity contribution in [3.05, 3.63) is 83.4 Å². The normalized spacial score (nSPS) is 15.1. The molecule has 0 unspecified atom stereocenters. The number of nitrogens with one attached hydrogen (secondary N) is 1. The predicted octanol–water partition coefficient (Wildman–Crippen LogP) is 4.60. The van der Waals surface area contributed by atoms with Gasteiger partial charge in [0.25, 0.3) is 5.91 Å². The Morgan fingerprint density at radius 1 is 0.816 bits per heavy atom. The number of nitrogens with zero attached hydrogens (tertiary/aromatic N) is 1. The van der Waals surface area contributed by atoms with E-state index >= 15 is 0 Å². The fraction of sp³-hybridized carbons (Fsp3) is 0.333. The Kier molecular flexibility index (Phi) is 9.08. The van der Waals surface area contributed by atoms with Crippen molar-refractivity contribution in [1.82, 2.24) is 10.2 Å². The first-order chi connectivity index (χ1) is 18.5. The van der Waals surface area contributed by atoms with Crippen molar-refractivity contribution in [2.24, 2.45) is 0 Å². The molecule has 0 saturated carbocycles. The molecule has 3 aromatic rings. The van der Waals surface area contributed by atoms with Gasteiger partial charge in [-0.2, -0.15) is 0 Å². The first-order valence-electron chi connectivity index (χ1n) is 12.7. The van der Waals surface area contributed by atoms with Crippen LogP contribution in [0.3, 0.4) is 0 Å². The van der Waals surface area contributed by atoms with Crippen molar-refractivity contribution in [3.8, 4) is 23.0 Å². The van der Waals surface area contributed by atoms with Crippen LogP contribution in [-0.4, -0.2) is 50.6 Å². The van der Waals surface area contributed by atoms with Gasteiger partial charge in [0.15, 0.2) is 0 Å². The lowest BCUT2D eigenvalue weighted by molar-refractivity contribution is -0.125. The molecule has 8 heteroatoms. The van der Waals surface area contributed by atoms with E-state index in [2.05, 4.69) is 5.32 Å². The first kappa shape index (κ1) is 26.9. The van der Waals surface area contributed by atoms with Crippen LogP contribution in [0, 0.1) is 0 Å². The second-order valence-electron chi connectivity index (χ2n) is 9.12.